The van der Waals surface area contributed by atoms with Crippen LogP contribution in [0.2, 0.25) is 0 Å². The van der Waals surface area contributed by atoms with Gasteiger partial charge in [-0.15, -0.1) is 13.2 Å². The summed E-state index contributed by atoms with van der Waals surface area (Å²) >= 11 is 0. The Labute approximate surface area is 200 Å². The topological polar surface area (TPSA) is 9.23 Å². The molecule has 178 valence electrons. The van der Waals surface area contributed by atoms with E-state index in [4.69, 9.17) is 0 Å². The number of hydrogen-bond donors (Lipinski definition) is 0. The zero-order valence-corrected chi connectivity index (χ0v) is 18.8. The molecule has 0 aliphatic carbocycles. The molecule has 1 nitrogen and oxygen atoms in total. The average Bonchev–Trinajstić information content (AvgIpc) is 2.83. The van der Waals surface area contributed by atoms with Gasteiger partial charge in [0.15, 0.2) is 11.6 Å². The standard InChI is InChI=1S/C29H21F5O/c1-2-3-4-19-5-7-20(8-6-19)9-10-21-11-14-24-22(17-21)12-15-25(28(24)31)23-13-16-27(26(30)18-23)35-29(32,33)34/h5-8,11-18H,2-4H2,1H3. The van der Waals surface area contributed by atoms with Crippen LogP contribution in [0.3, 0.4) is 0 Å². The van der Waals surface area contributed by atoms with Gasteiger partial charge < -0.3 is 4.74 Å². The van der Waals surface area contributed by atoms with E-state index in [2.05, 4.69) is 35.6 Å². The van der Waals surface area contributed by atoms with Gasteiger partial charge in [0.1, 0.15) is 5.82 Å². The van der Waals surface area contributed by atoms with Crippen LogP contribution in [-0.4, -0.2) is 6.36 Å². The molecule has 0 aliphatic rings. The maximum atomic E-state index is 15.2. The maximum Gasteiger partial charge on any atom is 0.573 e. The fourth-order valence-corrected chi connectivity index (χ4v) is 3.75. The summed E-state index contributed by atoms with van der Waals surface area (Å²) in [6.45, 7) is 2.16. The highest BCUT2D eigenvalue weighted by atomic mass is 19.4. The molecular weight excluding hydrogens is 459 g/mol. The molecule has 0 heterocycles. The van der Waals surface area contributed by atoms with Gasteiger partial charge in [-0.3, -0.25) is 0 Å². The Balaban J connectivity index is 1.58. The van der Waals surface area contributed by atoms with Crippen LogP contribution in [0.4, 0.5) is 22.0 Å². The highest BCUT2D eigenvalue weighted by molar-refractivity contribution is 5.89. The van der Waals surface area contributed by atoms with Crippen molar-refractivity contribution in [2.45, 2.75) is 32.5 Å². The summed E-state index contributed by atoms with van der Waals surface area (Å²) in [4.78, 5) is 0. The average molecular weight is 480 g/mol. The smallest absolute Gasteiger partial charge is 0.403 e. The van der Waals surface area contributed by atoms with E-state index in [0.717, 1.165) is 37.0 Å². The minimum Gasteiger partial charge on any atom is -0.403 e. The number of rotatable bonds is 5. The molecule has 4 aromatic rings. The maximum absolute atomic E-state index is 15.2. The van der Waals surface area contributed by atoms with Crippen LogP contribution in [0.5, 0.6) is 5.75 Å². The van der Waals surface area contributed by atoms with Gasteiger partial charge >= 0.3 is 6.36 Å². The van der Waals surface area contributed by atoms with E-state index in [9.17, 15) is 17.6 Å². The van der Waals surface area contributed by atoms with Crippen LogP contribution in [0.25, 0.3) is 21.9 Å². The molecule has 0 atom stereocenters. The van der Waals surface area contributed by atoms with Gasteiger partial charge in [0.25, 0.3) is 0 Å². The fourth-order valence-electron chi connectivity index (χ4n) is 3.75. The Morgan fingerprint density at radius 1 is 0.800 bits per heavy atom. The van der Waals surface area contributed by atoms with Gasteiger partial charge in [-0.2, -0.15) is 0 Å². The van der Waals surface area contributed by atoms with Crippen LogP contribution >= 0.6 is 0 Å². The number of benzene rings is 4. The van der Waals surface area contributed by atoms with Gasteiger partial charge in [-0.1, -0.05) is 61.6 Å². The molecule has 0 spiro atoms. The first-order valence-corrected chi connectivity index (χ1v) is 11.1. The molecule has 0 fully saturated rings. The third kappa shape index (κ3) is 5.99. The Morgan fingerprint density at radius 3 is 2.20 bits per heavy atom. The SMILES string of the molecule is CCCCc1ccc(C#Cc2ccc3c(F)c(-c4ccc(OC(F)(F)F)c(F)c4)ccc3c2)cc1. The number of unbranched alkanes of at least 4 members (excludes halogenated alkanes) is 1. The van der Waals surface area contributed by atoms with Crippen molar-refractivity contribution >= 4 is 10.8 Å². The molecule has 0 aliphatic heterocycles. The van der Waals surface area contributed by atoms with Crippen molar-refractivity contribution in [2.24, 2.45) is 0 Å². The first-order chi connectivity index (χ1) is 16.7. The number of halogens is 5. The van der Waals surface area contributed by atoms with Crippen LogP contribution in [0.15, 0.2) is 72.8 Å². The lowest BCUT2D eigenvalue weighted by Crippen LogP contribution is -2.17. The predicted octanol–water partition coefficient (Wildman–Crippen LogP) is 8.43. The van der Waals surface area contributed by atoms with Gasteiger partial charge in [0, 0.05) is 22.1 Å². The lowest BCUT2D eigenvalue weighted by atomic mass is 9.98. The van der Waals surface area contributed by atoms with Crippen LogP contribution in [0.1, 0.15) is 36.5 Å². The molecule has 4 rings (SSSR count). The van der Waals surface area contributed by atoms with Crippen molar-refractivity contribution in [3.8, 4) is 28.7 Å². The minimum absolute atomic E-state index is 0.0666. The van der Waals surface area contributed by atoms with Gasteiger partial charge in [-0.25, -0.2) is 8.78 Å². The molecule has 35 heavy (non-hydrogen) atoms. The second kappa shape index (κ2) is 10.2. The fraction of sp³-hybridized carbons (Fsp3) is 0.172. The molecule has 0 saturated carbocycles. The normalized spacial score (nSPS) is 11.3. The van der Waals surface area contributed by atoms with Crippen LogP contribution in [-0.2, 0) is 6.42 Å². The van der Waals surface area contributed by atoms with E-state index in [1.807, 2.05) is 12.1 Å². The van der Waals surface area contributed by atoms with E-state index in [1.54, 1.807) is 24.3 Å². The quantitative estimate of drug-likeness (QED) is 0.206. The van der Waals surface area contributed by atoms with Gasteiger partial charge in [-0.05, 0) is 65.8 Å². The van der Waals surface area contributed by atoms with Crippen molar-refractivity contribution in [1.82, 2.24) is 0 Å². The summed E-state index contributed by atoms with van der Waals surface area (Å²) in [5, 5.41) is 0.898. The largest absolute Gasteiger partial charge is 0.573 e. The molecule has 0 amide bonds. The van der Waals surface area contributed by atoms with Crippen LogP contribution < -0.4 is 4.74 Å². The van der Waals surface area contributed by atoms with E-state index < -0.39 is 23.7 Å². The van der Waals surface area contributed by atoms with Crippen molar-refractivity contribution in [3.05, 3.63) is 101 Å². The predicted molar refractivity (Wildman–Crippen MR) is 127 cm³/mol. The third-order valence-corrected chi connectivity index (χ3v) is 5.55. The van der Waals surface area contributed by atoms with E-state index in [0.29, 0.717) is 16.3 Å². The Morgan fingerprint density at radius 2 is 1.51 bits per heavy atom. The van der Waals surface area contributed by atoms with Gasteiger partial charge in [0.2, 0.25) is 0 Å². The van der Waals surface area contributed by atoms with E-state index in [-0.39, 0.29) is 11.1 Å². The summed E-state index contributed by atoms with van der Waals surface area (Å²) in [5.74, 6) is 3.39. The molecule has 0 aromatic heterocycles. The Kier molecular flexibility index (Phi) is 7.07. The first-order valence-electron chi connectivity index (χ1n) is 11.1. The highest BCUT2D eigenvalue weighted by Crippen LogP contribution is 2.33. The minimum atomic E-state index is -5.02. The van der Waals surface area contributed by atoms with Crippen LogP contribution in [0, 0.1) is 23.5 Å². The molecule has 4 aromatic carbocycles. The summed E-state index contributed by atoms with van der Waals surface area (Å²) in [7, 11) is 0. The number of alkyl halides is 3. The van der Waals surface area contributed by atoms with Gasteiger partial charge in [0.05, 0.1) is 0 Å². The van der Waals surface area contributed by atoms with Crippen molar-refractivity contribution < 1.29 is 26.7 Å². The second-order valence-electron chi connectivity index (χ2n) is 8.11. The lowest BCUT2D eigenvalue weighted by molar-refractivity contribution is -0.275. The molecule has 0 saturated heterocycles. The Hall–Kier alpha value is -3.85. The molecule has 0 bridgehead atoms. The first kappa shape index (κ1) is 24.3. The second-order valence-corrected chi connectivity index (χ2v) is 8.11. The highest BCUT2D eigenvalue weighted by Gasteiger charge is 2.32. The monoisotopic (exact) mass is 480 g/mol. The zero-order chi connectivity index (χ0) is 25.0. The summed E-state index contributed by atoms with van der Waals surface area (Å²) in [6, 6.07) is 19.1. The van der Waals surface area contributed by atoms with Crippen molar-refractivity contribution in [1.29, 1.82) is 0 Å². The third-order valence-electron chi connectivity index (χ3n) is 5.55. The molecule has 0 N–H and O–H groups in total. The van der Waals surface area contributed by atoms with E-state index in [1.165, 1.54) is 17.7 Å². The van der Waals surface area contributed by atoms with Crippen molar-refractivity contribution in [2.75, 3.05) is 0 Å². The molecule has 0 unspecified atom stereocenters. The number of aryl methyl sites for hydroxylation is 1. The number of ether oxygens (including phenoxy) is 1. The summed E-state index contributed by atoms with van der Waals surface area (Å²) < 4.78 is 70.0. The lowest BCUT2D eigenvalue weighted by Gasteiger charge is -2.12. The molecule has 0 radical (unpaired) electrons. The molecular formula is C29H21F5O. The number of hydrogen-bond acceptors (Lipinski definition) is 1. The summed E-state index contributed by atoms with van der Waals surface area (Å²) in [5.41, 5.74) is 3.03. The molecule has 6 heteroatoms. The number of fused-ring (bicyclic) bond motifs is 1. The summed E-state index contributed by atoms with van der Waals surface area (Å²) in [6.07, 6.45) is -1.69. The van der Waals surface area contributed by atoms with E-state index >= 15 is 4.39 Å². The van der Waals surface area contributed by atoms with Crippen molar-refractivity contribution in [3.63, 3.8) is 0 Å². The Bertz CT molecular complexity index is 1410. The zero-order valence-electron chi connectivity index (χ0n) is 18.8.